The van der Waals surface area contributed by atoms with Gasteiger partial charge in [-0.2, -0.15) is 0 Å². The number of fused-ring (bicyclic) bond motifs is 1. The van der Waals surface area contributed by atoms with Gasteiger partial charge in [-0.05, 0) is 29.8 Å². The van der Waals surface area contributed by atoms with Crippen molar-refractivity contribution in [2.24, 2.45) is 4.99 Å². The molecule has 2 aromatic carbocycles. The summed E-state index contributed by atoms with van der Waals surface area (Å²) < 4.78 is 22.2. The highest BCUT2D eigenvalue weighted by atomic mass is 127. The summed E-state index contributed by atoms with van der Waals surface area (Å²) in [7, 11) is 3.43. The molecule has 0 fully saturated rings. The number of ether oxygens (including phenoxy) is 4. The summed E-state index contributed by atoms with van der Waals surface area (Å²) in [4.78, 5) is 4.30. The van der Waals surface area contributed by atoms with Gasteiger partial charge in [0.2, 0.25) is 0 Å². The minimum absolute atomic E-state index is 0. The second-order valence-electron chi connectivity index (χ2n) is 6.60. The van der Waals surface area contributed by atoms with Crippen molar-refractivity contribution in [1.82, 2.24) is 5.32 Å². The van der Waals surface area contributed by atoms with Gasteiger partial charge in [-0.1, -0.05) is 12.1 Å². The Hall–Kier alpha value is -2.20. The number of anilines is 1. The fourth-order valence-corrected chi connectivity index (χ4v) is 2.88. The van der Waals surface area contributed by atoms with Crippen LogP contribution in [0.15, 0.2) is 47.5 Å². The molecule has 0 saturated heterocycles. The van der Waals surface area contributed by atoms with Gasteiger partial charge in [0.15, 0.2) is 17.5 Å². The summed E-state index contributed by atoms with van der Waals surface area (Å²) in [5.74, 6) is 3.08. The Morgan fingerprint density at radius 3 is 2.70 bits per heavy atom. The summed E-state index contributed by atoms with van der Waals surface area (Å²) in [5, 5.41) is 6.61. The first-order valence-corrected chi connectivity index (χ1v) is 9.86. The van der Waals surface area contributed by atoms with Crippen molar-refractivity contribution >= 4 is 35.6 Å². The van der Waals surface area contributed by atoms with Crippen LogP contribution >= 0.6 is 24.0 Å². The standard InChI is InChI=1S/C22H29N3O4.HI/c1-23-22(25-18-6-3-7-19(15-18)27-11-4-10-26-2)24-16-17-8-9-20-21(14-17)29-13-5-12-28-20;/h3,6-9,14-15H,4-5,10-13,16H2,1-2H3,(H2,23,24,25);1H. The largest absolute Gasteiger partial charge is 0.493 e. The van der Waals surface area contributed by atoms with Crippen molar-refractivity contribution in [3.05, 3.63) is 48.0 Å². The predicted molar refractivity (Wildman–Crippen MR) is 130 cm³/mol. The summed E-state index contributed by atoms with van der Waals surface area (Å²) in [6, 6.07) is 13.8. The monoisotopic (exact) mass is 527 g/mol. The van der Waals surface area contributed by atoms with Gasteiger partial charge in [0.05, 0.1) is 19.8 Å². The number of hydrogen-bond acceptors (Lipinski definition) is 5. The third-order valence-corrected chi connectivity index (χ3v) is 4.35. The average Bonchev–Trinajstić information content (AvgIpc) is 2.99. The van der Waals surface area contributed by atoms with E-state index in [1.54, 1.807) is 14.2 Å². The minimum atomic E-state index is 0. The average molecular weight is 527 g/mol. The zero-order valence-corrected chi connectivity index (χ0v) is 19.8. The molecule has 0 bridgehead atoms. The van der Waals surface area contributed by atoms with E-state index in [9.17, 15) is 0 Å². The maximum Gasteiger partial charge on any atom is 0.195 e. The second kappa shape index (κ2) is 13.2. The van der Waals surface area contributed by atoms with E-state index in [-0.39, 0.29) is 24.0 Å². The molecular formula is C22H30IN3O4. The highest BCUT2D eigenvalue weighted by molar-refractivity contribution is 14.0. The Morgan fingerprint density at radius 1 is 1.07 bits per heavy atom. The molecule has 30 heavy (non-hydrogen) atoms. The third kappa shape index (κ3) is 7.56. The molecule has 0 unspecified atom stereocenters. The van der Waals surface area contributed by atoms with Crippen LogP contribution in [0.5, 0.6) is 17.2 Å². The molecule has 3 rings (SSSR count). The maximum atomic E-state index is 5.76. The van der Waals surface area contributed by atoms with E-state index >= 15 is 0 Å². The van der Waals surface area contributed by atoms with Crippen LogP contribution in [-0.4, -0.2) is 46.5 Å². The van der Waals surface area contributed by atoms with Crippen molar-refractivity contribution in [3.63, 3.8) is 0 Å². The maximum absolute atomic E-state index is 5.76. The number of benzene rings is 2. The number of halogens is 1. The van der Waals surface area contributed by atoms with E-state index in [4.69, 9.17) is 18.9 Å². The molecule has 0 radical (unpaired) electrons. The quantitative estimate of drug-likeness (QED) is 0.234. The first kappa shape index (κ1) is 24.1. The molecule has 1 heterocycles. The Bertz CT molecular complexity index is 817. The van der Waals surface area contributed by atoms with Gasteiger partial charge >= 0.3 is 0 Å². The second-order valence-corrected chi connectivity index (χ2v) is 6.60. The van der Waals surface area contributed by atoms with Gasteiger partial charge in [0, 0.05) is 51.9 Å². The smallest absolute Gasteiger partial charge is 0.195 e. The Labute approximate surface area is 195 Å². The first-order chi connectivity index (χ1) is 14.3. The van der Waals surface area contributed by atoms with Crippen molar-refractivity contribution < 1.29 is 18.9 Å². The lowest BCUT2D eigenvalue weighted by Gasteiger charge is -2.14. The molecule has 7 nitrogen and oxygen atoms in total. The van der Waals surface area contributed by atoms with E-state index in [2.05, 4.69) is 15.6 Å². The topological polar surface area (TPSA) is 73.3 Å². The van der Waals surface area contributed by atoms with Crippen LogP contribution in [0, 0.1) is 0 Å². The van der Waals surface area contributed by atoms with Crippen molar-refractivity contribution in [2.75, 3.05) is 45.9 Å². The van der Waals surface area contributed by atoms with Crippen molar-refractivity contribution in [2.45, 2.75) is 19.4 Å². The van der Waals surface area contributed by atoms with Crippen LogP contribution in [0.3, 0.4) is 0 Å². The Balaban J connectivity index is 0.00000320. The van der Waals surface area contributed by atoms with E-state index in [0.717, 1.165) is 41.3 Å². The zero-order chi connectivity index (χ0) is 20.3. The van der Waals surface area contributed by atoms with Crippen molar-refractivity contribution in [1.29, 1.82) is 0 Å². The van der Waals surface area contributed by atoms with E-state index in [0.29, 0.717) is 38.9 Å². The number of methoxy groups -OCH3 is 1. The molecule has 8 heteroatoms. The number of nitrogens with one attached hydrogen (secondary N) is 2. The highest BCUT2D eigenvalue weighted by Crippen LogP contribution is 2.30. The molecule has 2 aromatic rings. The van der Waals surface area contributed by atoms with Gasteiger partial charge in [-0.25, -0.2) is 0 Å². The van der Waals surface area contributed by atoms with Crippen LogP contribution in [0.1, 0.15) is 18.4 Å². The normalized spacial score (nSPS) is 13.1. The molecule has 164 valence electrons. The SMILES string of the molecule is CN=C(NCc1ccc2c(c1)OCCCO2)Nc1cccc(OCCCOC)c1.I. The summed E-state index contributed by atoms with van der Waals surface area (Å²) >= 11 is 0. The fourth-order valence-electron chi connectivity index (χ4n) is 2.88. The molecular weight excluding hydrogens is 497 g/mol. The van der Waals surface area contributed by atoms with Crippen LogP contribution in [-0.2, 0) is 11.3 Å². The lowest BCUT2D eigenvalue weighted by molar-refractivity contribution is 0.172. The molecule has 0 atom stereocenters. The van der Waals surface area contributed by atoms with Crippen LogP contribution in [0.2, 0.25) is 0 Å². The van der Waals surface area contributed by atoms with Crippen LogP contribution in [0.4, 0.5) is 5.69 Å². The van der Waals surface area contributed by atoms with E-state index in [1.807, 2.05) is 42.5 Å². The Morgan fingerprint density at radius 2 is 1.90 bits per heavy atom. The molecule has 2 N–H and O–H groups in total. The molecule has 0 aliphatic carbocycles. The number of guanidine groups is 1. The predicted octanol–water partition coefficient (Wildman–Crippen LogP) is 4.07. The first-order valence-electron chi connectivity index (χ1n) is 9.86. The Kier molecular flexibility index (Phi) is 10.6. The lowest BCUT2D eigenvalue weighted by Crippen LogP contribution is -2.30. The molecule has 0 spiro atoms. The van der Waals surface area contributed by atoms with Crippen LogP contribution in [0.25, 0.3) is 0 Å². The molecule has 1 aliphatic rings. The minimum Gasteiger partial charge on any atom is -0.493 e. The number of nitrogens with zero attached hydrogens (tertiary/aromatic N) is 1. The van der Waals surface area contributed by atoms with Crippen LogP contribution < -0.4 is 24.8 Å². The summed E-state index contributed by atoms with van der Waals surface area (Å²) in [5.41, 5.74) is 1.99. The zero-order valence-electron chi connectivity index (χ0n) is 17.5. The van der Waals surface area contributed by atoms with Gasteiger partial charge in [-0.3, -0.25) is 4.99 Å². The molecule has 0 amide bonds. The lowest BCUT2D eigenvalue weighted by atomic mass is 10.2. The van der Waals surface area contributed by atoms with Gasteiger partial charge in [0.1, 0.15) is 5.75 Å². The molecule has 0 saturated carbocycles. The van der Waals surface area contributed by atoms with Gasteiger partial charge < -0.3 is 29.6 Å². The van der Waals surface area contributed by atoms with Gasteiger partial charge in [-0.15, -0.1) is 24.0 Å². The van der Waals surface area contributed by atoms with E-state index < -0.39 is 0 Å². The number of hydrogen-bond donors (Lipinski definition) is 2. The summed E-state index contributed by atoms with van der Waals surface area (Å²) in [6.07, 6.45) is 1.75. The third-order valence-electron chi connectivity index (χ3n) is 4.35. The van der Waals surface area contributed by atoms with Gasteiger partial charge in [0.25, 0.3) is 0 Å². The fraction of sp³-hybridized carbons (Fsp3) is 0.409. The molecule has 1 aliphatic heterocycles. The number of rotatable bonds is 8. The number of aliphatic imine (C=N–C) groups is 1. The van der Waals surface area contributed by atoms with Crippen molar-refractivity contribution in [3.8, 4) is 17.2 Å². The molecule has 0 aromatic heterocycles. The van der Waals surface area contributed by atoms with E-state index in [1.165, 1.54) is 0 Å². The summed E-state index contributed by atoms with van der Waals surface area (Å²) in [6.45, 7) is 3.29. The highest BCUT2D eigenvalue weighted by Gasteiger charge is 2.11.